The average molecular weight is 365 g/mol. The van der Waals surface area contributed by atoms with E-state index in [0.717, 1.165) is 18.8 Å². The second-order valence-electron chi connectivity index (χ2n) is 6.39. The predicted octanol–water partition coefficient (Wildman–Crippen LogP) is 2.89. The first-order valence-electron chi connectivity index (χ1n) is 8.41. The van der Waals surface area contributed by atoms with E-state index in [1.807, 2.05) is 24.8 Å². The maximum absolute atomic E-state index is 13.8. The summed E-state index contributed by atoms with van der Waals surface area (Å²) in [7, 11) is 0. The number of halogens is 2. The Labute approximate surface area is 152 Å². The fraction of sp³-hybridized carbons (Fsp3) is 0.444. The Kier molecular flexibility index (Phi) is 5.39. The van der Waals surface area contributed by atoms with Gasteiger partial charge in [0.1, 0.15) is 11.9 Å². The van der Waals surface area contributed by atoms with E-state index in [2.05, 4.69) is 10.00 Å². The molecule has 1 aliphatic heterocycles. The minimum absolute atomic E-state index is 0.0356. The number of amides is 1. The molecule has 5 nitrogen and oxygen atoms in total. The van der Waals surface area contributed by atoms with Crippen LogP contribution in [0.15, 0.2) is 30.5 Å². The molecule has 0 bridgehead atoms. The van der Waals surface area contributed by atoms with Gasteiger partial charge in [-0.3, -0.25) is 14.4 Å². The number of carbonyl (C=O) groups is 1. The number of piperazine rings is 1. The molecular formula is C18H22ClFN4O. The Morgan fingerprint density at radius 3 is 2.56 bits per heavy atom. The summed E-state index contributed by atoms with van der Waals surface area (Å²) < 4.78 is 15.4. The van der Waals surface area contributed by atoms with Crippen LogP contribution in [-0.2, 0) is 11.3 Å². The predicted molar refractivity (Wildman–Crippen MR) is 94.9 cm³/mol. The van der Waals surface area contributed by atoms with Crippen molar-refractivity contribution < 1.29 is 9.18 Å². The topological polar surface area (TPSA) is 41.4 Å². The van der Waals surface area contributed by atoms with Gasteiger partial charge >= 0.3 is 0 Å². The Bertz CT molecular complexity index is 755. The van der Waals surface area contributed by atoms with E-state index in [4.69, 9.17) is 11.6 Å². The molecule has 2 heterocycles. The highest BCUT2D eigenvalue weighted by Crippen LogP contribution is 2.20. The van der Waals surface area contributed by atoms with Gasteiger partial charge < -0.3 is 4.90 Å². The molecule has 134 valence electrons. The van der Waals surface area contributed by atoms with Gasteiger partial charge in [-0.15, -0.1) is 0 Å². The maximum Gasteiger partial charge on any atom is 0.247 e. The highest BCUT2D eigenvalue weighted by atomic mass is 35.5. The van der Waals surface area contributed by atoms with Crippen LogP contribution in [0.2, 0.25) is 5.02 Å². The third kappa shape index (κ3) is 3.85. The third-order valence-electron chi connectivity index (χ3n) is 4.74. The molecule has 7 heteroatoms. The van der Waals surface area contributed by atoms with Crippen molar-refractivity contribution in [2.75, 3.05) is 26.2 Å². The highest BCUT2D eigenvalue weighted by Gasteiger charge is 2.27. The fourth-order valence-electron chi connectivity index (χ4n) is 3.16. The molecule has 1 amide bonds. The van der Waals surface area contributed by atoms with Gasteiger partial charge in [-0.05, 0) is 19.9 Å². The smallest absolute Gasteiger partial charge is 0.247 e. The van der Waals surface area contributed by atoms with Crippen molar-refractivity contribution in [1.82, 2.24) is 19.6 Å². The third-order valence-corrected chi connectivity index (χ3v) is 5.12. The molecule has 0 radical (unpaired) electrons. The molecule has 2 aromatic rings. The number of rotatable bonds is 4. The van der Waals surface area contributed by atoms with E-state index in [0.29, 0.717) is 30.2 Å². The van der Waals surface area contributed by atoms with Gasteiger partial charge in [-0.1, -0.05) is 29.8 Å². The Morgan fingerprint density at radius 1 is 1.28 bits per heavy atom. The van der Waals surface area contributed by atoms with Crippen molar-refractivity contribution in [3.8, 4) is 0 Å². The van der Waals surface area contributed by atoms with Crippen LogP contribution in [0.4, 0.5) is 4.39 Å². The molecule has 0 N–H and O–H groups in total. The Balaban J connectivity index is 1.57. The van der Waals surface area contributed by atoms with Crippen molar-refractivity contribution >= 4 is 17.5 Å². The first-order valence-corrected chi connectivity index (χ1v) is 8.79. The van der Waals surface area contributed by atoms with Crippen LogP contribution in [0.1, 0.15) is 24.2 Å². The minimum atomic E-state index is -0.384. The molecule has 1 fully saturated rings. The van der Waals surface area contributed by atoms with Crippen LogP contribution in [-0.4, -0.2) is 51.7 Å². The number of hydrogen-bond donors (Lipinski definition) is 0. The van der Waals surface area contributed by atoms with Gasteiger partial charge in [-0.25, -0.2) is 4.39 Å². The second kappa shape index (κ2) is 7.54. The number of carbonyl (C=O) groups excluding carboxylic acids is 1. The molecule has 1 atom stereocenters. The van der Waals surface area contributed by atoms with Crippen LogP contribution in [0.3, 0.4) is 0 Å². The molecule has 3 rings (SSSR count). The SMILES string of the molecule is Cc1c(Cl)cnn1C(C)C(=O)N1CCN(Cc2ccccc2F)CC1. The standard InChI is InChI=1S/C18H22ClFN4O/c1-13-16(19)11-21-24(13)14(2)18(25)23-9-7-22(8-10-23)12-15-5-3-4-6-17(15)20/h3-6,11,14H,7-10,12H2,1-2H3. The molecule has 1 aromatic carbocycles. The lowest BCUT2D eigenvalue weighted by Gasteiger charge is -2.36. The van der Waals surface area contributed by atoms with E-state index in [-0.39, 0.29) is 17.8 Å². The molecule has 0 saturated carbocycles. The lowest BCUT2D eigenvalue weighted by Crippen LogP contribution is -2.50. The number of hydrogen-bond acceptors (Lipinski definition) is 3. The Morgan fingerprint density at radius 2 is 1.96 bits per heavy atom. The van der Waals surface area contributed by atoms with Gasteiger partial charge in [0, 0.05) is 38.3 Å². The van der Waals surface area contributed by atoms with Crippen LogP contribution >= 0.6 is 11.6 Å². The zero-order chi connectivity index (χ0) is 18.0. The van der Waals surface area contributed by atoms with Gasteiger partial charge in [0.25, 0.3) is 0 Å². The van der Waals surface area contributed by atoms with Crippen LogP contribution < -0.4 is 0 Å². The lowest BCUT2D eigenvalue weighted by molar-refractivity contribution is -0.136. The molecule has 0 aliphatic carbocycles. The zero-order valence-electron chi connectivity index (χ0n) is 14.5. The zero-order valence-corrected chi connectivity index (χ0v) is 15.2. The summed E-state index contributed by atoms with van der Waals surface area (Å²) in [6.45, 7) is 6.97. The Hall–Kier alpha value is -1.92. The molecule has 1 aromatic heterocycles. The van der Waals surface area contributed by atoms with E-state index < -0.39 is 0 Å². The average Bonchev–Trinajstić information content (AvgIpc) is 2.95. The highest BCUT2D eigenvalue weighted by molar-refractivity contribution is 6.31. The van der Waals surface area contributed by atoms with Gasteiger partial charge in [0.15, 0.2) is 0 Å². The van der Waals surface area contributed by atoms with Crippen LogP contribution in [0, 0.1) is 12.7 Å². The number of aromatic nitrogens is 2. The van der Waals surface area contributed by atoms with Gasteiger partial charge in [0.05, 0.1) is 16.9 Å². The van der Waals surface area contributed by atoms with Gasteiger partial charge in [0.2, 0.25) is 5.91 Å². The first kappa shape index (κ1) is 17.9. The molecular weight excluding hydrogens is 343 g/mol. The van der Waals surface area contributed by atoms with Crippen molar-refractivity contribution in [2.24, 2.45) is 0 Å². The van der Waals surface area contributed by atoms with Gasteiger partial charge in [-0.2, -0.15) is 5.10 Å². The summed E-state index contributed by atoms with van der Waals surface area (Å²) in [6.07, 6.45) is 1.56. The summed E-state index contributed by atoms with van der Waals surface area (Å²) in [5.74, 6) is -0.144. The summed E-state index contributed by atoms with van der Waals surface area (Å²) in [5, 5.41) is 4.76. The molecule has 1 unspecified atom stereocenters. The molecule has 25 heavy (non-hydrogen) atoms. The second-order valence-corrected chi connectivity index (χ2v) is 6.80. The number of nitrogens with zero attached hydrogens (tertiary/aromatic N) is 4. The van der Waals surface area contributed by atoms with Crippen LogP contribution in [0.25, 0.3) is 0 Å². The fourth-order valence-corrected chi connectivity index (χ4v) is 3.29. The summed E-state index contributed by atoms with van der Waals surface area (Å²) in [5.41, 5.74) is 1.48. The van der Waals surface area contributed by atoms with Crippen molar-refractivity contribution in [3.63, 3.8) is 0 Å². The van der Waals surface area contributed by atoms with Crippen molar-refractivity contribution in [2.45, 2.75) is 26.4 Å². The van der Waals surface area contributed by atoms with Crippen molar-refractivity contribution in [3.05, 3.63) is 52.6 Å². The summed E-state index contributed by atoms with van der Waals surface area (Å²) >= 11 is 6.03. The van der Waals surface area contributed by atoms with E-state index in [1.54, 1.807) is 23.0 Å². The molecule has 0 spiro atoms. The minimum Gasteiger partial charge on any atom is -0.338 e. The summed E-state index contributed by atoms with van der Waals surface area (Å²) in [6, 6.07) is 6.44. The normalized spacial score (nSPS) is 16.9. The molecule has 1 saturated heterocycles. The van der Waals surface area contributed by atoms with Crippen LogP contribution in [0.5, 0.6) is 0 Å². The summed E-state index contributed by atoms with van der Waals surface area (Å²) in [4.78, 5) is 16.7. The lowest BCUT2D eigenvalue weighted by atomic mass is 10.1. The number of benzene rings is 1. The first-order chi connectivity index (χ1) is 12.0. The monoisotopic (exact) mass is 364 g/mol. The molecule has 1 aliphatic rings. The van der Waals surface area contributed by atoms with Crippen molar-refractivity contribution in [1.29, 1.82) is 0 Å². The van der Waals surface area contributed by atoms with E-state index in [1.165, 1.54) is 6.07 Å². The maximum atomic E-state index is 13.8. The van der Waals surface area contributed by atoms with E-state index in [9.17, 15) is 9.18 Å². The van der Waals surface area contributed by atoms with E-state index >= 15 is 0 Å². The largest absolute Gasteiger partial charge is 0.338 e. The quantitative estimate of drug-likeness (QED) is 0.837.